The van der Waals surface area contributed by atoms with E-state index >= 15 is 0 Å². The van der Waals surface area contributed by atoms with Gasteiger partial charge in [-0.3, -0.25) is 4.57 Å². The van der Waals surface area contributed by atoms with Crippen LogP contribution in [0.2, 0.25) is 0 Å². The second-order valence-electron chi connectivity index (χ2n) is 5.09. The number of aliphatic hydroxyl groups is 2. The van der Waals surface area contributed by atoms with E-state index < -0.39 is 35.8 Å². The van der Waals surface area contributed by atoms with Crippen LogP contribution in [0.15, 0.2) is 21.0 Å². The minimum atomic E-state index is -1.20. The Morgan fingerprint density at radius 2 is 2.29 bits per heavy atom. The first-order valence-electron chi connectivity index (χ1n) is 6.21. The molecule has 10 nitrogen and oxygen atoms in total. The zero-order valence-electron chi connectivity index (χ0n) is 11.5. The number of aryl methyl sites for hydroxylation is 1. The maximum atomic E-state index is 12.2. The van der Waals surface area contributed by atoms with E-state index in [9.17, 15) is 19.8 Å². The fraction of sp³-hybridized carbons (Fsp3) is 0.636. The van der Waals surface area contributed by atoms with E-state index in [-0.39, 0.29) is 12.0 Å². The van der Waals surface area contributed by atoms with E-state index in [0.717, 1.165) is 4.57 Å². The van der Waals surface area contributed by atoms with Crippen molar-refractivity contribution in [2.45, 2.75) is 38.2 Å². The summed E-state index contributed by atoms with van der Waals surface area (Å²) in [6, 6.07) is 0. The third kappa shape index (κ3) is 2.45. The molecular formula is C11H15N5O5. The fourth-order valence-corrected chi connectivity index (χ4v) is 2.20. The van der Waals surface area contributed by atoms with Gasteiger partial charge in [0.1, 0.15) is 11.8 Å². The summed E-state index contributed by atoms with van der Waals surface area (Å²) >= 11 is 0. The molecule has 1 aliphatic rings. The molecule has 1 fully saturated rings. The van der Waals surface area contributed by atoms with Crippen LogP contribution < -0.4 is 11.2 Å². The molecule has 114 valence electrons. The summed E-state index contributed by atoms with van der Waals surface area (Å²) in [5.74, 6) is 0. The van der Waals surface area contributed by atoms with Gasteiger partial charge in [-0.1, -0.05) is 4.68 Å². The number of hydrogen-bond acceptors (Lipinski definition) is 6. The first-order valence-corrected chi connectivity index (χ1v) is 6.21. The lowest BCUT2D eigenvalue weighted by molar-refractivity contribution is -0.117. The molecule has 2 N–H and O–H groups in total. The van der Waals surface area contributed by atoms with Gasteiger partial charge in [-0.2, -0.15) is 4.91 Å². The largest absolute Gasteiger partial charge is 0.428 e. The lowest BCUT2D eigenvalue weighted by atomic mass is 10.0. The standard InChI is InChI=1S/C11H15N5O5/c1-6-4-15(10(20)16(9(6)19)14-13-12)8-3-7(18)11(2,5-17)21-8/h4,7-8,17-18H,3,5H2,1-2H3/t7?,8-,11-/m1/s1. The van der Waals surface area contributed by atoms with Gasteiger partial charge in [0.2, 0.25) is 0 Å². The molecule has 21 heavy (non-hydrogen) atoms. The van der Waals surface area contributed by atoms with Crippen molar-refractivity contribution in [3.05, 3.63) is 43.0 Å². The summed E-state index contributed by atoms with van der Waals surface area (Å²) in [6.45, 7) is 2.55. The molecule has 2 heterocycles. The monoisotopic (exact) mass is 297 g/mol. The molecule has 0 aliphatic carbocycles. The van der Waals surface area contributed by atoms with Crippen molar-refractivity contribution < 1.29 is 14.9 Å². The minimum absolute atomic E-state index is 0.0604. The Bertz CT molecular complexity index is 719. The van der Waals surface area contributed by atoms with Crippen LogP contribution in [0.1, 0.15) is 25.1 Å². The lowest BCUT2D eigenvalue weighted by Gasteiger charge is -2.24. The molecule has 0 bridgehead atoms. The van der Waals surface area contributed by atoms with Gasteiger partial charge in [-0.15, -0.1) is 5.53 Å². The SMILES string of the molecule is Cc1cn([C@H]2CC(O)[C@@](C)(CO)O2)c(=O)n(N=[N+]=[N-])c1=O. The highest BCUT2D eigenvalue weighted by Gasteiger charge is 2.45. The lowest BCUT2D eigenvalue weighted by Crippen LogP contribution is -2.41. The van der Waals surface area contributed by atoms with Gasteiger partial charge in [-0.05, 0) is 19.1 Å². The van der Waals surface area contributed by atoms with Crippen LogP contribution in [0.5, 0.6) is 0 Å². The summed E-state index contributed by atoms with van der Waals surface area (Å²) in [5.41, 5.74) is 5.81. The predicted molar refractivity (Wildman–Crippen MR) is 70.5 cm³/mol. The van der Waals surface area contributed by atoms with Crippen molar-refractivity contribution in [2.24, 2.45) is 5.22 Å². The smallest absolute Gasteiger partial charge is 0.393 e. The second kappa shape index (κ2) is 5.34. The molecular weight excluding hydrogens is 282 g/mol. The van der Waals surface area contributed by atoms with E-state index in [1.54, 1.807) is 0 Å². The second-order valence-corrected chi connectivity index (χ2v) is 5.09. The Morgan fingerprint density at radius 1 is 1.62 bits per heavy atom. The van der Waals surface area contributed by atoms with Crippen molar-refractivity contribution in [2.75, 3.05) is 6.61 Å². The van der Waals surface area contributed by atoms with E-state index in [0.29, 0.717) is 4.68 Å². The van der Waals surface area contributed by atoms with Gasteiger partial charge in [0.15, 0.2) is 0 Å². The fourth-order valence-electron chi connectivity index (χ4n) is 2.20. The van der Waals surface area contributed by atoms with Crippen LogP contribution in [-0.2, 0) is 4.74 Å². The van der Waals surface area contributed by atoms with Crippen LogP contribution in [0, 0.1) is 6.92 Å². The summed E-state index contributed by atoms with van der Waals surface area (Å²) in [5, 5.41) is 22.2. The number of rotatable bonds is 3. The summed E-state index contributed by atoms with van der Waals surface area (Å²) in [4.78, 5) is 26.4. The van der Waals surface area contributed by atoms with Crippen molar-refractivity contribution in [3.8, 4) is 0 Å². The molecule has 2 rings (SSSR count). The average molecular weight is 297 g/mol. The van der Waals surface area contributed by atoms with Crippen molar-refractivity contribution in [1.29, 1.82) is 0 Å². The molecule has 1 aromatic rings. The van der Waals surface area contributed by atoms with Crippen molar-refractivity contribution in [1.82, 2.24) is 9.24 Å². The number of aliphatic hydroxyl groups excluding tert-OH is 2. The van der Waals surface area contributed by atoms with Crippen LogP contribution >= 0.6 is 0 Å². The molecule has 1 aliphatic heterocycles. The minimum Gasteiger partial charge on any atom is -0.393 e. The third-order valence-corrected chi connectivity index (χ3v) is 3.55. The zero-order chi connectivity index (χ0) is 15.8. The third-order valence-electron chi connectivity index (χ3n) is 3.55. The summed E-state index contributed by atoms with van der Waals surface area (Å²) in [6.07, 6.45) is -0.511. The molecule has 0 amide bonds. The number of aromatic nitrogens is 2. The Balaban J connectivity index is 2.55. The van der Waals surface area contributed by atoms with Crippen molar-refractivity contribution in [3.63, 3.8) is 0 Å². The van der Waals surface area contributed by atoms with Crippen molar-refractivity contribution >= 4 is 0 Å². The van der Waals surface area contributed by atoms with Gasteiger partial charge in [-0.25, -0.2) is 9.59 Å². The molecule has 0 saturated carbocycles. The predicted octanol–water partition coefficient (Wildman–Crippen LogP) is -0.577. The van der Waals surface area contributed by atoms with Gasteiger partial charge >= 0.3 is 11.2 Å². The zero-order valence-corrected chi connectivity index (χ0v) is 11.5. The van der Waals surface area contributed by atoms with Gasteiger partial charge in [0.05, 0.1) is 18.3 Å². The first kappa shape index (κ1) is 15.3. The molecule has 1 unspecified atom stereocenters. The van der Waals surface area contributed by atoms with Gasteiger partial charge in [0.25, 0.3) is 0 Å². The maximum absolute atomic E-state index is 12.2. The number of hydrogen-bond donors (Lipinski definition) is 2. The normalized spacial score (nSPS) is 28.4. The Morgan fingerprint density at radius 3 is 2.81 bits per heavy atom. The van der Waals surface area contributed by atoms with E-state index in [1.807, 2.05) is 0 Å². The highest BCUT2D eigenvalue weighted by atomic mass is 16.6. The number of nitrogens with zero attached hydrogens (tertiary/aromatic N) is 5. The van der Waals surface area contributed by atoms with Crippen LogP contribution in [0.25, 0.3) is 10.4 Å². The van der Waals surface area contributed by atoms with Crippen LogP contribution in [-0.4, -0.2) is 37.8 Å². The van der Waals surface area contributed by atoms with Crippen LogP contribution in [0.4, 0.5) is 0 Å². The molecule has 1 saturated heterocycles. The molecule has 10 heteroatoms. The number of azide groups is 1. The maximum Gasteiger partial charge on any atom is 0.428 e. The number of ether oxygens (including phenoxy) is 1. The summed E-state index contributed by atoms with van der Waals surface area (Å²) < 4.78 is 6.97. The molecule has 0 spiro atoms. The molecule has 3 atom stereocenters. The summed E-state index contributed by atoms with van der Waals surface area (Å²) in [7, 11) is 0. The van der Waals surface area contributed by atoms with E-state index in [4.69, 9.17) is 10.3 Å². The Labute approximate surface area is 118 Å². The van der Waals surface area contributed by atoms with E-state index in [1.165, 1.54) is 20.0 Å². The first-order chi connectivity index (χ1) is 9.84. The Hall–Kier alpha value is -2.13. The highest BCUT2D eigenvalue weighted by Crippen LogP contribution is 2.35. The van der Waals surface area contributed by atoms with Crippen LogP contribution in [0.3, 0.4) is 0 Å². The topological polar surface area (TPSA) is 142 Å². The average Bonchev–Trinajstić information content (AvgIpc) is 2.75. The quantitative estimate of drug-likeness (QED) is 0.436. The molecule has 0 radical (unpaired) electrons. The van der Waals surface area contributed by atoms with Gasteiger partial charge in [0, 0.05) is 12.6 Å². The van der Waals surface area contributed by atoms with Gasteiger partial charge < -0.3 is 14.9 Å². The highest BCUT2D eigenvalue weighted by molar-refractivity contribution is 5.04. The molecule has 0 aromatic carbocycles. The Kier molecular flexibility index (Phi) is 3.88. The molecule has 1 aromatic heterocycles. The van der Waals surface area contributed by atoms with E-state index in [2.05, 4.69) is 10.1 Å².